The fraction of sp³-hybridized carbons (Fsp3) is 0. The van der Waals surface area contributed by atoms with Gasteiger partial charge in [0.15, 0.2) is 0 Å². The van der Waals surface area contributed by atoms with Crippen LogP contribution in [0.5, 0.6) is 0 Å². The molecule has 2 aliphatic heterocycles. The van der Waals surface area contributed by atoms with Crippen molar-refractivity contribution in [1.29, 1.82) is 5.41 Å². The van der Waals surface area contributed by atoms with Crippen molar-refractivity contribution < 1.29 is 4.42 Å². The minimum atomic E-state index is 0.168. The van der Waals surface area contributed by atoms with Crippen LogP contribution in [0.1, 0.15) is 0 Å². The molecule has 0 aliphatic carbocycles. The van der Waals surface area contributed by atoms with E-state index in [0.29, 0.717) is 11.4 Å². The highest BCUT2D eigenvalue weighted by Crippen LogP contribution is 2.31. The number of rotatable bonds is 0. The Morgan fingerprint density at radius 2 is 2.06 bits per heavy atom. The maximum Gasteiger partial charge on any atom is 0.147 e. The van der Waals surface area contributed by atoms with Crippen LogP contribution in [0.15, 0.2) is 41.0 Å². The molecule has 0 amide bonds. The van der Waals surface area contributed by atoms with E-state index in [1.165, 1.54) is 6.07 Å². The average molecular weight is 211 g/mol. The van der Waals surface area contributed by atoms with Crippen molar-refractivity contribution in [1.82, 2.24) is 4.98 Å². The third-order valence-electron chi connectivity index (χ3n) is 2.54. The molecule has 3 rings (SSSR count). The first-order valence-corrected chi connectivity index (χ1v) is 4.87. The summed E-state index contributed by atoms with van der Waals surface area (Å²) in [6, 6.07) is 9.10. The lowest BCUT2D eigenvalue weighted by atomic mass is 10.1. The zero-order chi connectivity index (χ0) is 11.1. The second-order valence-electron chi connectivity index (χ2n) is 3.59. The van der Waals surface area contributed by atoms with E-state index < -0.39 is 0 Å². The molecule has 0 bridgehead atoms. The average Bonchev–Trinajstić information content (AvgIpc) is 2.28. The number of fused-ring (bicyclic) bond motifs is 3. The Hall–Kier alpha value is -2.36. The fourth-order valence-corrected chi connectivity index (χ4v) is 1.79. The summed E-state index contributed by atoms with van der Waals surface area (Å²) in [4.78, 5) is 4.19. The number of nitrogens with two attached hydrogens (primary N) is 1. The van der Waals surface area contributed by atoms with Crippen LogP contribution in [0, 0.1) is 5.41 Å². The molecule has 0 fully saturated rings. The van der Waals surface area contributed by atoms with Crippen molar-refractivity contribution in [3.63, 3.8) is 0 Å². The molecule has 0 spiro atoms. The largest absolute Gasteiger partial charge is 0.464 e. The van der Waals surface area contributed by atoms with Crippen molar-refractivity contribution in [2.45, 2.75) is 0 Å². The molecule has 4 nitrogen and oxygen atoms in total. The number of nitrogen functional groups attached to an aromatic ring is 1. The Kier molecular flexibility index (Phi) is 1.71. The van der Waals surface area contributed by atoms with Crippen LogP contribution in [0.2, 0.25) is 0 Å². The molecule has 1 aromatic rings. The first-order valence-electron chi connectivity index (χ1n) is 4.87. The van der Waals surface area contributed by atoms with Crippen molar-refractivity contribution in [3.8, 4) is 11.3 Å². The first kappa shape index (κ1) is 8.91. The minimum absolute atomic E-state index is 0.168. The quantitative estimate of drug-likeness (QED) is 0.558. The lowest BCUT2D eigenvalue weighted by molar-refractivity contribution is 0.605. The zero-order valence-electron chi connectivity index (χ0n) is 8.40. The Bertz CT molecular complexity index is 702. The van der Waals surface area contributed by atoms with E-state index in [2.05, 4.69) is 4.98 Å². The number of pyridine rings is 1. The number of anilines is 1. The van der Waals surface area contributed by atoms with Gasteiger partial charge in [-0.2, -0.15) is 0 Å². The molecule has 3 N–H and O–H groups in total. The van der Waals surface area contributed by atoms with Crippen LogP contribution in [-0.4, -0.2) is 4.98 Å². The van der Waals surface area contributed by atoms with E-state index >= 15 is 0 Å². The first-order chi connectivity index (χ1) is 7.75. The predicted molar refractivity (Wildman–Crippen MR) is 60.9 cm³/mol. The molecule has 4 heteroatoms. The van der Waals surface area contributed by atoms with Gasteiger partial charge in [0.1, 0.15) is 17.3 Å². The smallest absolute Gasteiger partial charge is 0.147 e. The van der Waals surface area contributed by atoms with E-state index in [1.54, 1.807) is 6.26 Å². The minimum Gasteiger partial charge on any atom is -0.464 e. The number of nitrogens with one attached hydrogen (secondary N) is 1. The summed E-state index contributed by atoms with van der Waals surface area (Å²) in [5.41, 5.74) is 8.72. The van der Waals surface area contributed by atoms with E-state index in [4.69, 9.17) is 15.6 Å². The summed E-state index contributed by atoms with van der Waals surface area (Å²) in [5, 5.41) is 8.45. The zero-order valence-corrected chi connectivity index (χ0v) is 8.40. The van der Waals surface area contributed by atoms with Crippen LogP contribution >= 0.6 is 0 Å². The van der Waals surface area contributed by atoms with Crippen LogP contribution in [-0.2, 0) is 0 Å². The van der Waals surface area contributed by atoms with Crippen LogP contribution in [0.3, 0.4) is 0 Å². The Labute approximate surface area is 91.2 Å². The van der Waals surface area contributed by atoms with Gasteiger partial charge in [-0.05, 0) is 12.1 Å². The molecule has 0 saturated carbocycles. The third kappa shape index (κ3) is 1.16. The summed E-state index contributed by atoms with van der Waals surface area (Å²) in [5.74, 6) is 0. The molecule has 0 saturated heterocycles. The van der Waals surface area contributed by atoms with Crippen molar-refractivity contribution in [2.24, 2.45) is 0 Å². The summed E-state index contributed by atoms with van der Waals surface area (Å²) in [7, 11) is 0. The number of aromatic nitrogens is 1. The molecule has 16 heavy (non-hydrogen) atoms. The Morgan fingerprint density at radius 3 is 2.94 bits per heavy atom. The fourth-order valence-electron chi connectivity index (χ4n) is 1.79. The topological polar surface area (TPSA) is 75.9 Å². The van der Waals surface area contributed by atoms with E-state index in [1.807, 2.05) is 24.3 Å². The van der Waals surface area contributed by atoms with Gasteiger partial charge in [-0.1, -0.05) is 12.1 Å². The van der Waals surface area contributed by atoms with Gasteiger partial charge in [-0.25, -0.2) is 4.98 Å². The normalized spacial score (nSPS) is 11.0. The standard InChI is InChI=1S/C12H9N3O/c13-9-5-11(14)15-12-7-3-1-2-4-10(7)16-6-8(9)12/h1-6,14H,13H2. The second-order valence-corrected chi connectivity index (χ2v) is 3.59. The summed E-state index contributed by atoms with van der Waals surface area (Å²) in [6.07, 6.45) is 1.58. The highest BCUT2D eigenvalue weighted by molar-refractivity contribution is 5.94. The molecule has 0 aromatic heterocycles. The van der Waals surface area contributed by atoms with Gasteiger partial charge in [-0.15, -0.1) is 0 Å². The number of hydrogen-bond donors (Lipinski definition) is 2. The molecule has 78 valence electrons. The molecule has 1 aromatic carbocycles. The third-order valence-corrected chi connectivity index (χ3v) is 2.54. The molecule has 0 unspecified atom stereocenters. The Balaban J connectivity index is 2.58. The van der Waals surface area contributed by atoms with Crippen LogP contribution in [0.4, 0.5) is 5.69 Å². The molecule has 0 radical (unpaired) electrons. The number of nitrogens with zero attached hydrogens (tertiary/aromatic N) is 1. The maximum atomic E-state index is 7.57. The Morgan fingerprint density at radius 1 is 1.25 bits per heavy atom. The lowest BCUT2D eigenvalue weighted by Gasteiger charge is -2.09. The summed E-state index contributed by atoms with van der Waals surface area (Å²) in [6.45, 7) is 0. The second kappa shape index (κ2) is 3.06. The van der Waals surface area contributed by atoms with E-state index in [9.17, 15) is 0 Å². The van der Waals surface area contributed by atoms with E-state index in [-0.39, 0.29) is 5.49 Å². The predicted octanol–water partition coefficient (Wildman–Crippen LogP) is 1.99. The molecular formula is C12H9N3O. The van der Waals surface area contributed by atoms with Crippen molar-refractivity contribution in [2.75, 3.05) is 5.73 Å². The molecular weight excluding hydrogens is 202 g/mol. The van der Waals surface area contributed by atoms with Gasteiger partial charge in [0.05, 0.1) is 11.3 Å². The highest BCUT2D eigenvalue weighted by Gasteiger charge is 2.12. The monoisotopic (exact) mass is 211 g/mol. The summed E-state index contributed by atoms with van der Waals surface area (Å²) >= 11 is 0. The molecule has 2 heterocycles. The van der Waals surface area contributed by atoms with Crippen LogP contribution in [0.25, 0.3) is 22.2 Å². The number of hydrogen-bond acceptors (Lipinski definition) is 4. The van der Waals surface area contributed by atoms with Crippen LogP contribution < -0.4 is 11.2 Å². The molecule has 0 atom stereocenters. The number of benzene rings is 1. The lowest BCUT2D eigenvalue weighted by Crippen LogP contribution is -2.09. The van der Waals surface area contributed by atoms with Gasteiger partial charge < -0.3 is 10.2 Å². The van der Waals surface area contributed by atoms with Gasteiger partial charge in [0, 0.05) is 17.1 Å². The van der Waals surface area contributed by atoms with Gasteiger partial charge in [-0.3, -0.25) is 5.41 Å². The molecule has 2 aliphatic rings. The van der Waals surface area contributed by atoms with Crippen molar-refractivity contribution >= 4 is 16.7 Å². The summed E-state index contributed by atoms with van der Waals surface area (Å²) < 4.78 is 5.46. The number of para-hydroxylation sites is 1. The van der Waals surface area contributed by atoms with Gasteiger partial charge in [0.2, 0.25) is 0 Å². The van der Waals surface area contributed by atoms with Gasteiger partial charge >= 0.3 is 0 Å². The van der Waals surface area contributed by atoms with E-state index in [0.717, 1.165) is 16.5 Å². The van der Waals surface area contributed by atoms with Crippen molar-refractivity contribution in [3.05, 3.63) is 42.1 Å². The highest BCUT2D eigenvalue weighted by atomic mass is 16.3. The maximum absolute atomic E-state index is 7.57. The van der Waals surface area contributed by atoms with Gasteiger partial charge in [0.25, 0.3) is 0 Å². The SMILES string of the molecule is N=c1cc(N)c2coc3ccccc3c-2n1.